The fourth-order valence-electron chi connectivity index (χ4n) is 4.91. The number of quaternary nitrogens is 1. The summed E-state index contributed by atoms with van der Waals surface area (Å²) in [5.41, 5.74) is 1.94. The van der Waals surface area contributed by atoms with Gasteiger partial charge in [0.05, 0.1) is 26.7 Å². The summed E-state index contributed by atoms with van der Waals surface area (Å²) >= 11 is 6.12. The summed E-state index contributed by atoms with van der Waals surface area (Å²) in [6.45, 7) is 4.07. The number of rotatable bonds is 3. The minimum Gasteiger partial charge on any atom is -0.325 e. The number of likely N-dealkylation sites (tertiary alicyclic amines) is 1. The topological polar surface area (TPSA) is 0 Å². The van der Waals surface area contributed by atoms with Crippen molar-refractivity contribution >= 4 is 11.6 Å². The Labute approximate surface area is 141 Å². The van der Waals surface area contributed by atoms with Crippen molar-refractivity contribution in [3.8, 4) is 0 Å². The van der Waals surface area contributed by atoms with Gasteiger partial charge in [0, 0.05) is 10.4 Å². The molecule has 2 heteroatoms. The van der Waals surface area contributed by atoms with E-state index in [-0.39, 0.29) is 0 Å². The van der Waals surface area contributed by atoms with Crippen molar-refractivity contribution in [1.29, 1.82) is 0 Å². The molecule has 1 aromatic rings. The van der Waals surface area contributed by atoms with E-state index in [4.69, 9.17) is 11.6 Å². The minimum atomic E-state index is 0.401. The maximum Gasteiger partial charge on any atom is 0.0882 e. The van der Waals surface area contributed by atoms with Crippen LogP contribution in [0.4, 0.5) is 0 Å². The van der Waals surface area contributed by atoms with Gasteiger partial charge >= 0.3 is 0 Å². The minimum absolute atomic E-state index is 0.401. The van der Waals surface area contributed by atoms with Gasteiger partial charge in [-0.25, -0.2) is 0 Å². The number of nitrogens with zero attached hydrogens (tertiary/aromatic N) is 1. The van der Waals surface area contributed by atoms with Crippen LogP contribution in [0.15, 0.2) is 24.3 Å². The zero-order valence-corrected chi connectivity index (χ0v) is 14.9. The maximum atomic E-state index is 6.12. The van der Waals surface area contributed by atoms with E-state index < -0.39 is 0 Å². The molecule has 0 N–H and O–H groups in total. The molecule has 1 heterocycles. The van der Waals surface area contributed by atoms with Gasteiger partial charge < -0.3 is 4.48 Å². The van der Waals surface area contributed by atoms with Gasteiger partial charge in [0.15, 0.2) is 0 Å². The highest BCUT2D eigenvalue weighted by Gasteiger charge is 2.42. The zero-order chi connectivity index (χ0) is 15.5. The smallest absolute Gasteiger partial charge is 0.0882 e. The predicted octanol–water partition coefficient (Wildman–Crippen LogP) is 5.56. The third-order valence-corrected chi connectivity index (χ3v) is 6.35. The van der Waals surface area contributed by atoms with E-state index in [2.05, 4.69) is 31.3 Å². The Morgan fingerprint density at radius 3 is 2.00 bits per heavy atom. The van der Waals surface area contributed by atoms with Gasteiger partial charge in [-0.05, 0) is 56.2 Å². The number of benzene rings is 1. The van der Waals surface area contributed by atoms with Crippen molar-refractivity contribution in [3.63, 3.8) is 0 Å². The van der Waals surface area contributed by atoms with E-state index >= 15 is 0 Å². The van der Waals surface area contributed by atoms with Gasteiger partial charge in [-0.1, -0.05) is 43.0 Å². The summed E-state index contributed by atoms with van der Waals surface area (Å²) in [6, 6.07) is 8.77. The van der Waals surface area contributed by atoms with Crippen LogP contribution in [0.5, 0.6) is 0 Å². The van der Waals surface area contributed by atoms with E-state index in [0.29, 0.717) is 5.41 Å². The molecule has 122 valence electrons. The molecule has 2 aliphatic rings. The fourth-order valence-corrected chi connectivity index (χ4v) is 5.04. The molecule has 0 amide bonds. The molecule has 0 bridgehead atoms. The molecule has 22 heavy (non-hydrogen) atoms. The average Bonchev–Trinajstić information content (AvgIpc) is 2.94. The molecule has 1 saturated heterocycles. The third-order valence-electron chi connectivity index (χ3n) is 6.10. The molecule has 1 aliphatic heterocycles. The van der Waals surface area contributed by atoms with E-state index in [1.165, 1.54) is 87.5 Å². The van der Waals surface area contributed by atoms with Crippen LogP contribution in [0.1, 0.15) is 63.4 Å². The highest BCUT2D eigenvalue weighted by molar-refractivity contribution is 6.30. The molecule has 3 rings (SSSR count). The molecule has 2 fully saturated rings. The van der Waals surface area contributed by atoms with Crippen LogP contribution < -0.4 is 0 Å². The molecular formula is C20H31ClN+. The number of hydrogen-bond acceptors (Lipinski definition) is 0. The SMILES string of the molecule is C[N+]1(CC2(c3ccc(Cl)cc3)CCCC2)CCCCCCC1. The first-order valence-corrected chi connectivity index (χ1v) is 9.59. The second kappa shape index (κ2) is 6.93. The maximum absolute atomic E-state index is 6.12. The second-order valence-corrected chi connectivity index (χ2v) is 8.42. The van der Waals surface area contributed by atoms with Gasteiger partial charge in [0.1, 0.15) is 0 Å². The van der Waals surface area contributed by atoms with Crippen molar-refractivity contribution in [2.24, 2.45) is 0 Å². The summed E-state index contributed by atoms with van der Waals surface area (Å²) in [4.78, 5) is 0. The summed E-state index contributed by atoms with van der Waals surface area (Å²) in [5, 5.41) is 0.864. The van der Waals surface area contributed by atoms with Crippen molar-refractivity contribution in [1.82, 2.24) is 0 Å². The third kappa shape index (κ3) is 3.68. The lowest BCUT2D eigenvalue weighted by Crippen LogP contribution is -2.53. The zero-order valence-electron chi connectivity index (χ0n) is 14.1. The number of likely N-dealkylation sites (N-methyl/N-ethyl adjacent to an activating group) is 1. The molecule has 0 radical (unpaired) electrons. The molecule has 1 saturated carbocycles. The van der Waals surface area contributed by atoms with Gasteiger partial charge in [-0.15, -0.1) is 0 Å². The standard InChI is InChI=1S/C20H31ClN/c1-22(15-7-3-2-4-8-16-22)17-20(13-5-6-14-20)18-9-11-19(21)12-10-18/h9-12H,2-8,13-17H2,1H3/q+1. The Bertz CT molecular complexity index is 465. The lowest BCUT2D eigenvalue weighted by Gasteiger charge is -2.43. The van der Waals surface area contributed by atoms with Crippen LogP contribution in [0, 0.1) is 0 Å². The Balaban J connectivity index is 1.82. The lowest BCUT2D eigenvalue weighted by atomic mass is 9.77. The van der Waals surface area contributed by atoms with E-state index in [1.807, 2.05) is 0 Å². The number of hydrogen-bond donors (Lipinski definition) is 0. The Hall–Kier alpha value is -0.530. The van der Waals surface area contributed by atoms with Crippen LogP contribution in [0.2, 0.25) is 5.02 Å². The fraction of sp³-hybridized carbons (Fsp3) is 0.700. The lowest BCUT2D eigenvalue weighted by molar-refractivity contribution is -0.914. The second-order valence-electron chi connectivity index (χ2n) is 7.99. The largest absolute Gasteiger partial charge is 0.325 e. The molecule has 1 aliphatic carbocycles. The first-order valence-electron chi connectivity index (χ1n) is 9.22. The van der Waals surface area contributed by atoms with E-state index in [1.54, 1.807) is 0 Å². The molecule has 1 nitrogen and oxygen atoms in total. The van der Waals surface area contributed by atoms with Gasteiger partial charge in [0.25, 0.3) is 0 Å². The van der Waals surface area contributed by atoms with Crippen molar-refractivity contribution in [3.05, 3.63) is 34.9 Å². The van der Waals surface area contributed by atoms with Crippen molar-refractivity contribution < 1.29 is 4.48 Å². The van der Waals surface area contributed by atoms with E-state index in [9.17, 15) is 0 Å². The molecule has 0 atom stereocenters. The van der Waals surface area contributed by atoms with Gasteiger partial charge in [-0.2, -0.15) is 0 Å². The van der Waals surface area contributed by atoms with Crippen LogP contribution in [-0.2, 0) is 5.41 Å². The summed E-state index contributed by atoms with van der Waals surface area (Å²) in [5.74, 6) is 0. The monoisotopic (exact) mass is 320 g/mol. The van der Waals surface area contributed by atoms with Gasteiger partial charge in [-0.3, -0.25) is 0 Å². The Morgan fingerprint density at radius 2 is 1.41 bits per heavy atom. The van der Waals surface area contributed by atoms with Crippen LogP contribution >= 0.6 is 11.6 Å². The van der Waals surface area contributed by atoms with E-state index in [0.717, 1.165) is 5.02 Å². The van der Waals surface area contributed by atoms with Crippen molar-refractivity contribution in [2.75, 3.05) is 26.7 Å². The molecule has 1 aromatic carbocycles. The first kappa shape index (κ1) is 16.3. The van der Waals surface area contributed by atoms with Gasteiger partial charge in [0.2, 0.25) is 0 Å². The molecule has 0 aromatic heterocycles. The summed E-state index contributed by atoms with van der Waals surface area (Å²) in [6.07, 6.45) is 12.6. The summed E-state index contributed by atoms with van der Waals surface area (Å²) in [7, 11) is 2.52. The normalized spacial score (nSPS) is 24.6. The predicted molar refractivity (Wildman–Crippen MR) is 95.5 cm³/mol. The highest BCUT2D eigenvalue weighted by atomic mass is 35.5. The highest BCUT2D eigenvalue weighted by Crippen LogP contribution is 2.43. The summed E-state index contributed by atoms with van der Waals surface area (Å²) < 4.78 is 1.28. The Morgan fingerprint density at radius 1 is 0.864 bits per heavy atom. The van der Waals surface area contributed by atoms with Crippen LogP contribution in [0.25, 0.3) is 0 Å². The first-order chi connectivity index (χ1) is 10.6. The average molecular weight is 321 g/mol. The quantitative estimate of drug-likeness (QED) is 0.639. The van der Waals surface area contributed by atoms with Crippen LogP contribution in [-0.4, -0.2) is 31.2 Å². The molecule has 0 spiro atoms. The Kier molecular flexibility index (Phi) is 5.14. The van der Waals surface area contributed by atoms with Crippen LogP contribution in [0.3, 0.4) is 0 Å². The number of halogens is 1. The van der Waals surface area contributed by atoms with Crippen molar-refractivity contribution in [2.45, 2.75) is 63.2 Å². The molecule has 0 unspecified atom stereocenters. The molecular weight excluding hydrogens is 290 g/mol.